The molecule has 5 nitrogen and oxygen atoms in total. The summed E-state index contributed by atoms with van der Waals surface area (Å²) in [6.45, 7) is 7.63. The van der Waals surface area contributed by atoms with Crippen LogP contribution in [0.25, 0.3) is 0 Å². The fourth-order valence-electron chi connectivity index (χ4n) is 2.78. The first-order valence-corrected chi connectivity index (χ1v) is 10.9. The first-order valence-electron chi connectivity index (χ1n) is 9.01. The van der Waals surface area contributed by atoms with Gasteiger partial charge in [0.15, 0.2) is 0 Å². The van der Waals surface area contributed by atoms with Gasteiger partial charge in [-0.3, -0.25) is 9.10 Å². The second kappa shape index (κ2) is 8.31. The zero-order valence-electron chi connectivity index (χ0n) is 16.9. The van der Waals surface area contributed by atoms with Gasteiger partial charge < -0.3 is 5.32 Å². The Labute approximate surface area is 166 Å². The van der Waals surface area contributed by atoms with E-state index in [0.29, 0.717) is 5.69 Å². The summed E-state index contributed by atoms with van der Waals surface area (Å²) in [6, 6.07) is 12.6. The van der Waals surface area contributed by atoms with E-state index < -0.39 is 15.9 Å². The fraction of sp³-hybridized carbons (Fsp3) is 0.381. The van der Waals surface area contributed by atoms with E-state index in [1.165, 1.54) is 12.1 Å². The molecule has 0 aliphatic carbocycles. The number of carbonyl (C=O) groups is 1. The van der Waals surface area contributed by atoms with Gasteiger partial charge in [-0.05, 0) is 47.7 Å². The van der Waals surface area contributed by atoms with Gasteiger partial charge in [0.1, 0.15) is 12.4 Å². The molecule has 0 saturated carbocycles. The molecule has 1 amide bonds. The van der Waals surface area contributed by atoms with Crippen molar-refractivity contribution in [2.75, 3.05) is 17.1 Å². The Morgan fingerprint density at radius 2 is 1.61 bits per heavy atom. The van der Waals surface area contributed by atoms with E-state index in [1.807, 2.05) is 12.1 Å². The van der Waals surface area contributed by atoms with Crippen LogP contribution in [0.4, 0.5) is 10.1 Å². The molecule has 1 atom stereocenters. The van der Waals surface area contributed by atoms with E-state index in [1.54, 1.807) is 31.2 Å². The predicted octanol–water partition coefficient (Wildman–Crippen LogP) is 3.77. The molecule has 1 unspecified atom stereocenters. The number of carbonyl (C=O) groups excluding carboxylic acids is 1. The van der Waals surface area contributed by atoms with Gasteiger partial charge in [0, 0.05) is 0 Å². The maximum atomic E-state index is 13.0. The van der Waals surface area contributed by atoms with Crippen LogP contribution in [0.2, 0.25) is 0 Å². The Kier molecular flexibility index (Phi) is 6.49. The predicted molar refractivity (Wildman–Crippen MR) is 110 cm³/mol. The van der Waals surface area contributed by atoms with Crippen LogP contribution in [0.1, 0.15) is 44.9 Å². The van der Waals surface area contributed by atoms with E-state index in [-0.39, 0.29) is 23.8 Å². The molecule has 0 heterocycles. The third-order valence-corrected chi connectivity index (χ3v) is 5.60. The minimum atomic E-state index is -3.64. The Hall–Kier alpha value is -2.41. The third kappa shape index (κ3) is 5.79. The minimum absolute atomic E-state index is 0.0591. The zero-order valence-corrected chi connectivity index (χ0v) is 17.7. The summed E-state index contributed by atoms with van der Waals surface area (Å²) >= 11 is 0. The molecule has 0 aromatic heterocycles. The van der Waals surface area contributed by atoms with Crippen LogP contribution in [-0.2, 0) is 20.2 Å². The van der Waals surface area contributed by atoms with E-state index in [4.69, 9.17) is 0 Å². The number of hydrogen-bond donors (Lipinski definition) is 1. The SMILES string of the molecule is CC(NC(=O)CN(c1ccc(C(C)(C)C)cc1)S(C)(=O)=O)c1ccc(F)cc1. The summed E-state index contributed by atoms with van der Waals surface area (Å²) in [5.74, 6) is -0.800. The molecule has 28 heavy (non-hydrogen) atoms. The summed E-state index contributed by atoms with van der Waals surface area (Å²) in [7, 11) is -3.64. The maximum Gasteiger partial charge on any atom is 0.241 e. The van der Waals surface area contributed by atoms with Crippen molar-refractivity contribution in [2.45, 2.75) is 39.2 Å². The minimum Gasteiger partial charge on any atom is -0.348 e. The van der Waals surface area contributed by atoms with Crippen molar-refractivity contribution in [2.24, 2.45) is 0 Å². The van der Waals surface area contributed by atoms with Crippen LogP contribution in [0.5, 0.6) is 0 Å². The van der Waals surface area contributed by atoms with Crippen molar-refractivity contribution < 1.29 is 17.6 Å². The van der Waals surface area contributed by atoms with Gasteiger partial charge in [-0.15, -0.1) is 0 Å². The van der Waals surface area contributed by atoms with Crippen LogP contribution >= 0.6 is 0 Å². The topological polar surface area (TPSA) is 66.5 Å². The van der Waals surface area contributed by atoms with E-state index in [9.17, 15) is 17.6 Å². The van der Waals surface area contributed by atoms with Gasteiger partial charge >= 0.3 is 0 Å². The number of benzene rings is 2. The number of sulfonamides is 1. The summed E-state index contributed by atoms with van der Waals surface area (Å²) in [5.41, 5.74) is 2.17. The van der Waals surface area contributed by atoms with Crippen LogP contribution in [0, 0.1) is 5.82 Å². The average Bonchev–Trinajstić information content (AvgIpc) is 2.58. The van der Waals surface area contributed by atoms with Crippen LogP contribution in [-0.4, -0.2) is 27.1 Å². The normalized spacial score (nSPS) is 13.1. The second-order valence-electron chi connectivity index (χ2n) is 7.91. The largest absolute Gasteiger partial charge is 0.348 e. The lowest BCUT2D eigenvalue weighted by molar-refractivity contribution is -0.120. The van der Waals surface area contributed by atoms with Crippen molar-refractivity contribution in [1.82, 2.24) is 5.32 Å². The Morgan fingerprint density at radius 3 is 2.07 bits per heavy atom. The van der Waals surface area contributed by atoms with Crippen molar-refractivity contribution in [3.63, 3.8) is 0 Å². The highest BCUT2D eigenvalue weighted by atomic mass is 32.2. The lowest BCUT2D eigenvalue weighted by Gasteiger charge is -2.25. The lowest BCUT2D eigenvalue weighted by Crippen LogP contribution is -2.41. The highest BCUT2D eigenvalue weighted by Gasteiger charge is 2.23. The summed E-state index contributed by atoms with van der Waals surface area (Å²) < 4.78 is 38.6. The van der Waals surface area contributed by atoms with Gasteiger partial charge in [-0.25, -0.2) is 12.8 Å². The Morgan fingerprint density at radius 1 is 1.07 bits per heavy atom. The van der Waals surface area contributed by atoms with Gasteiger partial charge in [-0.1, -0.05) is 45.0 Å². The molecule has 0 aliphatic rings. The second-order valence-corrected chi connectivity index (χ2v) is 9.81. The van der Waals surface area contributed by atoms with Crippen molar-refractivity contribution in [3.05, 3.63) is 65.5 Å². The molecule has 0 saturated heterocycles. The number of halogens is 1. The average molecular weight is 407 g/mol. The number of nitrogens with zero attached hydrogens (tertiary/aromatic N) is 1. The number of anilines is 1. The van der Waals surface area contributed by atoms with Gasteiger partial charge in [0.2, 0.25) is 15.9 Å². The van der Waals surface area contributed by atoms with Gasteiger partial charge in [0.05, 0.1) is 18.0 Å². The van der Waals surface area contributed by atoms with E-state index in [0.717, 1.165) is 21.7 Å². The number of hydrogen-bond acceptors (Lipinski definition) is 3. The molecule has 0 spiro atoms. The van der Waals surface area contributed by atoms with Gasteiger partial charge in [0.25, 0.3) is 0 Å². The summed E-state index contributed by atoms with van der Waals surface area (Å²) in [4.78, 5) is 12.5. The molecule has 2 aromatic carbocycles. The fourth-order valence-corrected chi connectivity index (χ4v) is 3.64. The zero-order chi connectivity index (χ0) is 21.1. The Bertz CT molecular complexity index is 918. The molecule has 7 heteroatoms. The molecule has 2 aromatic rings. The quantitative estimate of drug-likeness (QED) is 0.794. The third-order valence-electron chi connectivity index (χ3n) is 4.46. The van der Waals surface area contributed by atoms with E-state index in [2.05, 4.69) is 26.1 Å². The highest BCUT2D eigenvalue weighted by molar-refractivity contribution is 7.92. The van der Waals surface area contributed by atoms with Crippen molar-refractivity contribution >= 4 is 21.6 Å². The van der Waals surface area contributed by atoms with Crippen molar-refractivity contribution in [3.8, 4) is 0 Å². The standard InChI is InChI=1S/C21H27FN2O3S/c1-15(16-6-10-18(22)11-7-16)23-20(25)14-24(28(5,26)27)19-12-8-17(9-13-19)21(2,3)4/h6-13,15H,14H2,1-5H3,(H,23,25). The molecule has 0 fully saturated rings. The number of rotatable bonds is 6. The van der Waals surface area contributed by atoms with Crippen LogP contribution in [0.3, 0.4) is 0 Å². The smallest absolute Gasteiger partial charge is 0.241 e. The van der Waals surface area contributed by atoms with Crippen LogP contribution < -0.4 is 9.62 Å². The molecule has 152 valence electrons. The first kappa shape index (κ1) is 21.9. The highest BCUT2D eigenvalue weighted by Crippen LogP contribution is 2.26. The van der Waals surface area contributed by atoms with Gasteiger partial charge in [-0.2, -0.15) is 0 Å². The molecule has 0 bridgehead atoms. The molecule has 0 radical (unpaired) electrons. The number of amides is 1. The molecule has 1 N–H and O–H groups in total. The maximum absolute atomic E-state index is 13.0. The summed E-state index contributed by atoms with van der Waals surface area (Å²) in [5, 5.41) is 2.76. The molecular formula is C21H27FN2O3S. The monoisotopic (exact) mass is 406 g/mol. The Balaban J connectivity index is 2.16. The summed E-state index contributed by atoms with van der Waals surface area (Å²) in [6.07, 6.45) is 1.07. The molecule has 0 aliphatic heterocycles. The first-order chi connectivity index (χ1) is 12.9. The molecule has 2 rings (SSSR count). The van der Waals surface area contributed by atoms with E-state index >= 15 is 0 Å². The molecular weight excluding hydrogens is 379 g/mol. The van der Waals surface area contributed by atoms with Crippen molar-refractivity contribution in [1.29, 1.82) is 0 Å². The lowest BCUT2D eigenvalue weighted by atomic mass is 9.87. The number of nitrogens with one attached hydrogen (secondary N) is 1. The van der Waals surface area contributed by atoms with Crippen LogP contribution in [0.15, 0.2) is 48.5 Å².